The molecule has 0 bridgehead atoms. The summed E-state index contributed by atoms with van der Waals surface area (Å²) in [5, 5.41) is 3.88. The molecule has 0 fully saturated rings. The zero-order valence-electron chi connectivity index (χ0n) is 17.4. The minimum atomic E-state index is -0.299. The van der Waals surface area contributed by atoms with Gasteiger partial charge in [-0.2, -0.15) is 0 Å². The van der Waals surface area contributed by atoms with Gasteiger partial charge in [-0.05, 0) is 66.2 Å². The van der Waals surface area contributed by atoms with Gasteiger partial charge in [0.25, 0.3) is 0 Å². The van der Waals surface area contributed by atoms with E-state index in [-0.39, 0.29) is 11.9 Å². The van der Waals surface area contributed by atoms with Crippen LogP contribution in [0.15, 0.2) is 36.4 Å². The Morgan fingerprint density at radius 2 is 1.83 bits per heavy atom. The molecule has 0 saturated heterocycles. The second-order valence-corrected chi connectivity index (χ2v) is 7.24. The highest BCUT2D eigenvalue weighted by atomic mass is 32.1. The Morgan fingerprint density at radius 1 is 1.13 bits per heavy atom. The van der Waals surface area contributed by atoms with Crippen LogP contribution in [-0.4, -0.2) is 57.6 Å². The fraction of sp³-hybridized carbons (Fsp3) is 0.409. The highest BCUT2D eigenvalue weighted by molar-refractivity contribution is 7.80. The Labute approximate surface area is 181 Å². The van der Waals surface area contributed by atoms with Gasteiger partial charge in [0.15, 0.2) is 16.6 Å². The third-order valence-electron chi connectivity index (χ3n) is 5.07. The van der Waals surface area contributed by atoms with Crippen molar-refractivity contribution in [3.63, 3.8) is 0 Å². The minimum absolute atomic E-state index is 0.138. The molecule has 1 aliphatic heterocycles. The number of thiocarbonyl (C=S) groups is 1. The number of rotatable bonds is 8. The van der Waals surface area contributed by atoms with E-state index in [1.165, 1.54) is 12.1 Å². The maximum Gasteiger partial charge on any atom is 0.169 e. The Morgan fingerprint density at radius 3 is 2.50 bits per heavy atom. The molecule has 0 unspecified atom stereocenters. The number of benzene rings is 2. The number of halogens is 1. The molecule has 162 valence electrons. The number of methoxy groups -OCH3 is 3. The Bertz CT molecular complexity index is 863. The van der Waals surface area contributed by atoms with Gasteiger partial charge in [0.2, 0.25) is 0 Å². The van der Waals surface area contributed by atoms with E-state index in [1.807, 2.05) is 12.1 Å². The lowest BCUT2D eigenvalue weighted by molar-refractivity contribution is 0.182. The third kappa shape index (κ3) is 5.12. The summed E-state index contributed by atoms with van der Waals surface area (Å²) in [5.41, 5.74) is 2.23. The zero-order chi connectivity index (χ0) is 21.5. The molecule has 0 aromatic heterocycles. The normalized spacial score (nSPS) is 15.3. The van der Waals surface area contributed by atoms with E-state index in [1.54, 1.807) is 33.5 Å². The topological polar surface area (TPSA) is 52.2 Å². The average molecular weight is 435 g/mol. The summed E-state index contributed by atoms with van der Waals surface area (Å²) in [4.78, 5) is 2.11. The van der Waals surface area contributed by atoms with Crippen LogP contribution in [0.1, 0.15) is 17.2 Å². The highest BCUT2D eigenvalue weighted by Gasteiger charge is 2.31. The molecule has 0 saturated carbocycles. The summed E-state index contributed by atoms with van der Waals surface area (Å²) in [6, 6.07) is 9.86. The first kappa shape index (κ1) is 22.1. The summed E-state index contributed by atoms with van der Waals surface area (Å²) >= 11 is 5.65. The second-order valence-electron chi connectivity index (χ2n) is 6.85. The van der Waals surface area contributed by atoms with Crippen LogP contribution >= 0.6 is 12.2 Å². The smallest absolute Gasteiger partial charge is 0.169 e. The third-order valence-corrected chi connectivity index (χ3v) is 5.45. The van der Waals surface area contributed by atoms with Gasteiger partial charge in [-0.15, -0.1) is 0 Å². The molecule has 1 heterocycles. The van der Waals surface area contributed by atoms with Gasteiger partial charge < -0.3 is 29.2 Å². The van der Waals surface area contributed by atoms with Gasteiger partial charge in [0, 0.05) is 20.2 Å². The zero-order valence-corrected chi connectivity index (χ0v) is 18.3. The molecule has 1 atom stereocenters. The van der Waals surface area contributed by atoms with Crippen LogP contribution in [0, 0.1) is 5.82 Å². The first-order chi connectivity index (χ1) is 14.6. The summed E-state index contributed by atoms with van der Waals surface area (Å²) in [6.07, 6.45) is 0.814. The minimum Gasteiger partial charge on any atom is -0.493 e. The van der Waals surface area contributed by atoms with Gasteiger partial charge in [-0.3, -0.25) is 0 Å². The van der Waals surface area contributed by atoms with E-state index in [2.05, 4.69) is 10.2 Å². The molecule has 0 aliphatic carbocycles. The van der Waals surface area contributed by atoms with Gasteiger partial charge in [-0.1, -0.05) is 0 Å². The lowest BCUT2D eigenvalue weighted by atomic mass is 9.92. The number of ether oxygens (including phenoxy) is 4. The van der Waals surface area contributed by atoms with Crippen molar-refractivity contribution in [1.82, 2.24) is 10.2 Å². The molecule has 30 heavy (non-hydrogen) atoms. The van der Waals surface area contributed by atoms with E-state index in [4.69, 9.17) is 31.2 Å². The van der Waals surface area contributed by atoms with E-state index in [0.717, 1.165) is 24.1 Å². The first-order valence-electron chi connectivity index (χ1n) is 9.74. The number of hydrogen-bond acceptors (Lipinski definition) is 5. The first-order valence-corrected chi connectivity index (χ1v) is 10.1. The molecule has 8 heteroatoms. The van der Waals surface area contributed by atoms with Crippen molar-refractivity contribution in [2.75, 3.05) is 47.6 Å². The SMILES string of the molecule is COCCNC(=S)N1CCc2cc(OC)c(OC)cc2[C@H]1COc1ccc(F)cc1. The number of nitrogens with zero attached hydrogens (tertiary/aromatic N) is 1. The van der Waals surface area contributed by atoms with Gasteiger partial charge >= 0.3 is 0 Å². The van der Waals surface area contributed by atoms with Crippen LogP contribution in [0.2, 0.25) is 0 Å². The van der Waals surface area contributed by atoms with Gasteiger partial charge in [0.1, 0.15) is 18.2 Å². The Balaban J connectivity index is 1.88. The molecule has 2 aromatic rings. The van der Waals surface area contributed by atoms with Crippen LogP contribution in [-0.2, 0) is 11.2 Å². The molecule has 6 nitrogen and oxygen atoms in total. The van der Waals surface area contributed by atoms with E-state index >= 15 is 0 Å². The van der Waals surface area contributed by atoms with Crippen LogP contribution in [0.25, 0.3) is 0 Å². The van der Waals surface area contributed by atoms with Crippen LogP contribution < -0.4 is 19.5 Å². The monoisotopic (exact) mass is 434 g/mol. The van der Waals surface area contributed by atoms with Crippen LogP contribution in [0.3, 0.4) is 0 Å². The quantitative estimate of drug-likeness (QED) is 0.505. The predicted octanol–water partition coefficient (Wildman–Crippen LogP) is 3.34. The summed E-state index contributed by atoms with van der Waals surface area (Å²) in [7, 11) is 4.90. The van der Waals surface area contributed by atoms with Crippen molar-refractivity contribution in [3.8, 4) is 17.2 Å². The van der Waals surface area contributed by atoms with Crippen LogP contribution in [0.4, 0.5) is 4.39 Å². The van der Waals surface area contributed by atoms with Gasteiger partial charge in [0.05, 0.1) is 26.9 Å². The second kappa shape index (κ2) is 10.4. The summed E-state index contributed by atoms with van der Waals surface area (Å²) in [6.45, 7) is 2.27. The lowest BCUT2D eigenvalue weighted by Crippen LogP contribution is -2.47. The fourth-order valence-electron chi connectivity index (χ4n) is 3.52. The standard InChI is InChI=1S/C22H27FN2O4S/c1-26-11-9-24-22(30)25-10-8-15-12-20(27-2)21(28-3)13-18(15)19(25)14-29-17-6-4-16(23)5-7-17/h4-7,12-13,19H,8-11,14H2,1-3H3,(H,24,30)/t19-/m1/s1. The molecular formula is C22H27FN2O4S. The van der Waals surface area contributed by atoms with Crippen molar-refractivity contribution in [1.29, 1.82) is 0 Å². The van der Waals surface area contributed by atoms with Crippen molar-refractivity contribution in [2.24, 2.45) is 0 Å². The van der Waals surface area contributed by atoms with Crippen molar-refractivity contribution >= 4 is 17.3 Å². The predicted molar refractivity (Wildman–Crippen MR) is 117 cm³/mol. The average Bonchev–Trinajstić information content (AvgIpc) is 2.77. The maximum atomic E-state index is 13.2. The summed E-state index contributed by atoms with van der Waals surface area (Å²) in [5.74, 6) is 1.65. The number of nitrogens with one attached hydrogen (secondary N) is 1. The number of hydrogen-bond donors (Lipinski definition) is 1. The Hall–Kier alpha value is -2.58. The highest BCUT2D eigenvalue weighted by Crippen LogP contribution is 2.38. The molecule has 2 aromatic carbocycles. The van der Waals surface area contributed by atoms with Gasteiger partial charge in [-0.25, -0.2) is 4.39 Å². The van der Waals surface area contributed by atoms with Crippen molar-refractivity contribution in [2.45, 2.75) is 12.5 Å². The van der Waals surface area contributed by atoms with E-state index in [9.17, 15) is 4.39 Å². The summed E-state index contributed by atoms with van der Waals surface area (Å²) < 4.78 is 35.3. The maximum absolute atomic E-state index is 13.2. The molecule has 0 amide bonds. The van der Waals surface area contributed by atoms with E-state index < -0.39 is 0 Å². The van der Waals surface area contributed by atoms with Crippen molar-refractivity contribution in [3.05, 3.63) is 53.3 Å². The Kier molecular flexibility index (Phi) is 7.70. The molecule has 0 spiro atoms. The molecule has 3 rings (SSSR count). The molecule has 0 radical (unpaired) electrons. The molecular weight excluding hydrogens is 407 g/mol. The fourth-order valence-corrected chi connectivity index (χ4v) is 3.84. The van der Waals surface area contributed by atoms with E-state index in [0.29, 0.717) is 42.1 Å². The lowest BCUT2D eigenvalue weighted by Gasteiger charge is -2.39. The molecule has 1 aliphatic rings. The largest absolute Gasteiger partial charge is 0.493 e. The molecule has 1 N–H and O–H groups in total. The van der Waals surface area contributed by atoms with Crippen LogP contribution in [0.5, 0.6) is 17.2 Å². The van der Waals surface area contributed by atoms with Crippen molar-refractivity contribution < 1.29 is 23.3 Å². The number of fused-ring (bicyclic) bond motifs is 1.